The Labute approximate surface area is 110 Å². The van der Waals surface area contributed by atoms with Crippen LogP contribution in [0.15, 0.2) is 12.1 Å². The van der Waals surface area contributed by atoms with Crippen molar-refractivity contribution >= 4 is 11.3 Å². The number of rotatable bonds is 8. The van der Waals surface area contributed by atoms with Gasteiger partial charge in [-0.25, -0.2) is 0 Å². The Balaban J connectivity index is 2.47. The van der Waals surface area contributed by atoms with E-state index in [-0.39, 0.29) is 0 Å². The molecule has 2 heteroatoms. The van der Waals surface area contributed by atoms with Crippen molar-refractivity contribution in [2.24, 2.45) is 11.7 Å². The van der Waals surface area contributed by atoms with Gasteiger partial charge in [-0.05, 0) is 37.3 Å². The second-order valence-electron chi connectivity index (χ2n) is 4.90. The second-order valence-corrected chi connectivity index (χ2v) is 6.15. The topological polar surface area (TPSA) is 26.0 Å². The van der Waals surface area contributed by atoms with Crippen LogP contribution in [0.4, 0.5) is 0 Å². The molecular formula is C15H27NS. The van der Waals surface area contributed by atoms with Gasteiger partial charge >= 0.3 is 0 Å². The van der Waals surface area contributed by atoms with Gasteiger partial charge in [-0.2, -0.15) is 0 Å². The summed E-state index contributed by atoms with van der Waals surface area (Å²) in [7, 11) is 0. The van der Waals surface area contributed by atoms with Gasteiger partial charge in [0.2, 0.25) is 0 Å². The van der Waals surface area contributed by atoms with Crippen molar-refractivity contribution in [3.63, 3.8) is 0 Å². The SMILES string of the molecule is CCCCC(CC)C(N)Cc1ccc(CC)s1. The van der Waals surface area contributed by atoms with Gasteiger partial charge in [0.05, 0.1) is 0 Å². The minimum Gasteiger partial charge on any atom is -0.327 e. The summed E-state index contributed by atoms with van der Waals surface area (Å²) >= 11 is 1.93. The summed E-state index contributed by atoms with van der Waals surface area (Å²) in [5.41, 5.74) is 6.36. The fraction of sp³-hybridized carbons (Fsp3) is 0.733. The van der Waals surface area contributed by atoms with Crippen molar-refractivity contribution in [3.8, 4) is 0 Å². The van der Waals surface area contributed by atoms with Crippen LogP contribution in [0.5, 0.6) is 0 Å². The summed E-state index contributed by atoms with van der Waals surface area (Å²) in [5.74, 6) is 0.696. The number of hydrogen-bond donors (Lipinski definition) is 1. The second kappa shape index (κ2) is 7.88. The number of nitrogens with two attached hydrogens (primary N) is 1. The average molecular weight is 253 g/mol. The summed E-state index contributed by atoms with van der Waals surface area (Å²) in [6, 6.07) is 4.85. The van der Waals surface area contributed by atoms with E-state index in [2.05, 4.69) is 32.9 Å². The maximum absolute atomic E-state index is 6.36. The molecule has 2 atom stereocenters. The normalized spacial score (nSPS) is 14.8. The quantitative estimate of drug-likeness (QED) is 0.730. The van der Waals surface area contributed by atoms with Crippen LogP contribution in [-0.4, -0.2) is 6.04 Å². The van der Waals surface area contributed by atoms with E-state index in [1.165, 1.54) is 35.4 Å². The highest BCUT2D eigenvalue weighted by Gasteiger charge is 2.16. The van der Waals surface area contributed by atoms with Crippen LogP contribution in [0.2, 0.25) is 0 Å². The number of unbranched alkanes of at least 4 members (excludes halogenated alkanes) is 1. The van der Waals surface area contributed by atoms with Gasteiger partial charge < -0.3 is 5.73 Å². The molecule has 1 aromatic rings. The zero-order chi connectivity index (χ0) is 12.7. The van der Waals surface area contributed by atoms with Gasteiger partial charge in [-0.1, -0.05) is 40.0 Å². The van der Waals surface area contributed by atoms with Crippen LogP contribution < -0.4 is 5.73 Å². The zero-order valence-corrected chi connectivity index (χ0v) is 12.4. The number of thiophene rings is 1. The molecule has 0 aliphatic rings. The lowest BCUT2D eigenvalue weighted by atomic mass is 9.90. The Hall–Kier alpha value is -0.340. The first-order valence-corrected chi connectivity index (χ1v) is 7.86. The molecular weight excluding hydrogens is 226 g/mol. The largest absolute Gasteiger partial charge is 0.327 e. The van der Waals surface area contributed by atoms with E-state index >= 15 is 0 Å². The predicted molar refractivity (Wildman–Crippen MR) is 78.7 cm³/mol. The lowest BCUT2D eigenvalue weighted by Crippen LogP contribution is -2.31. The fourth-order valence-electron chi connectivity index (χ4n) is 2.31. The first-order valence-electron chi connectivity index (χ1n) is 7.04. The van der Waals surface area contributed by atoms with Crippen LogP contribution in [-0.2, 0) is 12.8 Å². The lowest BCUT2D eigenvalue weighted by molar-refractivity contribution is 0.370. The molecule has 0 bridgehead atoms. The molecule has 0 spiro atoms. The van der Waals surface area contributed by atoms with Crippen LogP contribution in [0, 0.1) is 5.92 Å². The van der Waals surface area contributed by atoms with Crippen LogP contribution in [0.1, 0.15) is 56.2 Å². The molecule has 1 aromatic heterocycles. The molecule has 2 unspecified atom stereocenters. The van der Waals surface area contributed by atoms with Crippen molar-refractivity contribution in [2.45, 2.75) is 65.3 Å². The zero-order valence-electron chi connectivity index (χ0n) is 11.5. The molecule has 1 nitrogen and oxygen atoms in total. The fourth-order valence-corrected chi connectivity index (χ4v) is 3.34. The van der Waals surface area contributed by atoms with Gasteiger partial charge in [-0.3, -0.25) is 0 Å². The molecule has 2 N–H and O–H groups in total. The third-order valence-electron chi connectivity index (χ3n) is 3.56. The third-order valence-corrected chi connectivity index (χ3v) is 4.81. The summed E-state index contributed by atoms with van der Waals surface area (Å²) in [5, 5.41) is 0. The minimum atomic E-state index is 0.343. The van der Waals surface area contributed by atoms with Gasteiger partial charge in [0.1, 0.15) is 0 Å². The third kappa shape index (κ3) is 4.81. The van der Waals surface area contributed by atoms with E-state index in [1.54, 1.807) is 0 Å². The van der Waals surface area contributed by atoms with E-state index in [1.807, 2.05) is 11.3 Å². The predicted octanol–water partition coefficient (Wildman–Crippen LogP) is 4.40. The molecule has 0 fully saturated rings. The Kier molecular flexibility index (Phi) is 6.83. The Morgan fingerprint density at radius 2 is 1.88 bits per heavy atom. The summed E-state index contributed by atoms with van der Waals surface area (Å²) in [4.78, 5) is 2.94. The molecule has 0 radical (unpaired) electrons. The van der Waals surface area contributed by atoms with Crippen LogP contribution in [0.25, 0.3) is 0 Å². The minimum absolute atomic E-state index is 0.343. The summed E-state index contributed by atoms with van der Waals surface area (Å²) < 4.78 is 0. The summed E-state index contributed by atoms with van der Waals surface area (Å²) in [6.45, 7) is 6.74. The first-order chi connectivity index (χ1) is 8.21. The van der Waals surface area contributed by atoms with E-state index in [0.29, 0.717) is 12.0 Å². The highest BCUT2D eigenvalue weighted by atomic mass is 32.1. The number of hydrogen-bond acceptors (Lipinski definition) is 2. The van der Waals surface area contributed by atoms with Gasteiger partial charge in [-0.15, -0.1) is 11.3 Å². The van der Waals surface area contributed by atoms with Crippen LogP contribution >= 0.6 is 11.3 Å². The number of aryl methyl sites for hydroxylation is 1. The van der Waals surface area contributed by atoms with Crippen molar-refractivity contribution in [3.05, 3.63) is 21.9 Å². The molecule has 0 saturated heterocycles. The van der Waals surface area contributed by atoms with Gasteiger partial charge in [0, 0.05) is 15.8 Å². The molecule has 0 aromatic carbocycles. The van der Waals surface area contributed by atoms with Gasteiger partial charge in [0.15, 0.2) is 0 Å². The lowest BCUT2D eigenvalue weighted by Gasteiger charge is -2.22. The Morgan fingerprint density at radius 3 is 2.41 bits per heavy atom. The molecule has 0 saturated carbocycles. The first kappa shape index (κ1) is 14.7. The van der Waals surface area contributed by atoms with Crippen molar-refractivity contribution in [1.82, 2.24) is 0 Å². The van der Waals surface area contributed by atoms with Crippen molar-refractivity contribution in [2.75, 3.05) is 0 Å². The Bertz CT molecular complexity index is 306. The maximum Gasteiger partial charge on any atom is 0.0116 e. The molecule has 98 valence electrons. The Morgan fingerprint density at radius 1 is 1.18 bits per heavy atom. The molecule has 1 rings (SSSR count). The summed E-state index contributed by atoms with van der Waals surface area (Å²) in [6.07, 6.45) is 7.31. The standard InChI is InChI=1S/C15H27NS/c1-4-7-8-12(5-2)15(16)11-14-10-9-13(6-3)17-14/h9-10,12,15H,4-8,11,16H2,1-3H3. The maximum atomic E-state index is 6.36. The molecule has 17 heavy (non-hydrogen) atoms. The van der Waals surface area contributed by atoms with E-state index in [4.69, 9.17) is 5.73 Å². The monoisotopic (exact) mass is 253 g/mol. The van der Waals surface area contributed by atoms with E-state index < -0.39 is 0 Å². The smallest absolute Gasteiger partial charge is 0.0116 e. The molecule has 0 amide bonds. The van der Waals surface area contributed by atoms with Gasteiger partial charge in [0.25, 0.3) is 0 Å². The van der Waals surface area contributed by atoms with E-state index in [0.717, 1.165) is 12.8 Å². The van der Waals surface area contributed by atoms with Crippen molar-refractivity contribution in [1.29, 1.82) is 0 Å². The van der Waals surface area contributed by atoms with Crippen LogP contribution in [0.3, 0.4) is 0 Å². The molecule has 0 aliphatic carbocycles. The molecule has 1 heterocycles. The van der Waals surface area contributed by atoms with E-state index in [9.17, 15) is 0 Å². The average Bonchev–Trinajstić information content (AvgIpc) is 2.77. The highest BCUT2D eigenvalue weighted by molar-refractivity contribution is 7.11. The molecule has 0 aliphatic heterocycles. The van der Waals surface area contributed by atoms with Crippen molar-refractivity contribution < 1.29 is 0 Å². The highest BCUT2D eigenvalue weighted by Crippen LogP contribution is 2.23.